The van der Waals surface area contributed by atoms with Crippen LogP contribution in [0.25, 0.3) is 0 Å². The smallest absolute Gasteiger partial charge is 0.356 e. The third-order valence-corrected chi connectivity index (χ3v) is 3.41. The molecule has 0 aliphatic carbocycles. The summed E-state index contributed by atoms with van der Waals surface area (Å²) in [7, 11) is 0. The van der Waals surface area contributed by atoms with Crippen molar-refractivity contribution in [3.63, 3.8) is 0 Å². The summed E-state index contributed by atoms with van der Waals surface area (Å²) in [5.41, 5.74) is -0.0206. The number of carbonyl (C=O) groups is 1. The average molecular weight is 279 g/mol. The number of ether oxygens (including phenoxy) is 1. The van der Waals surface area contributed by atoms with Gasteiger partial charge in [0, 0.05) is 19.7 Å². The van der Waals surface area contributed by atoms with Crippen molar-refractivity contribution < 1.29 is 14.6 Å². The number of hydrogen-bond acceptors (Lipinski definition) is 5. The van der Waals surface area contributed by atoms with E-state index in [0.717, 1.165) is 51.2 Å². The zero-order valence-corrected chi connectivity index (χ0v) is 11.8. The molecule has 6 heteroatoms. The Hall–Kier alpha value is -1.69. The van der Waals surface area contributed by atoms with Crippen molar-refractivity contribution in [3.05, 3.63) is 18.1 Å². The molecule has 0 amide bonds. The van der Waals surface area contributed by atoms with Gasteiger partial charge in [-0.05, 0) is 25.7 Å². The van der Waals surface area contributed by atoms with Crippen LogP contribution >= 0.6 is 0 Å². The first kappa shape index (κ1) is 14.7. The van der Waals surface area contributed by atoms with Gasteiger partial charge in [-0.3, -0.25) is 0 Å². The molecule has 0 bridgehead atoms. The molecule has 1 saturated heterocycles. The standard InChI is InChI=1S/C14H21N3O3/c1-2-8-20-11-4-3-6-17(7-5-11)13-10-15-12(9-16-13)14(18)19/h9-11H,2-8H2,1H3,(H,18,19). The van der Waals surface area contributed by atoms with Crippen LogP contribution in [0.1, 0.15) is 43.1 Å². The van der Waals surface area contributed by atoms with E-state index in [2.05, 4.69) is 21.8 Å². The zero-order chi connectivity index (χ0) is 14.4. The van der Waals surface area contributed by atoms with Crippen molar-refractivity contribution in [1.82, 2.24) is 9.97 Å². The van der Waals surface area contributed by atoms with E-state index >= 15 is 0 Å². The molecule has 2 rings (SSSR count). The molecule has 1 atom stereocenters. The summed E-state index contributed by atoms with van der Waals surface area (Å²) >= 11 is 0. The van der Waals surface area contributed by atoms with E-state index in [0.29, 0.717) is 6.10 Å². The van der Waals surface area contributed by atoms with E-state index in [-0.39, 0.29) is 5.69 Å². The molecule has 1 aromatic heterocycles. The highest BCUT2D eigenvalue weighted by Crippen LogP contribution is 2.18. The van der Waals surface area contributed by atoms with Gasteiger partial charge in [-0.25, -0.2) is 14.8 Å². The van der Waals surface area contributed by atoms with Gasteiger partial charge in [-0.2, -0.15) is 0 Å². The summed E-state index contributed by atoms with van der Waals surface area (Å²) in [6, 6.07) is 0. The van der Waals surface area contributed by atoms with Crippen molar-refractivity contribution in [2.75, 3.05) is 24.6 Å². The second-order valence-electron chi connectivity index (χ2n) is 4.98. The Kier molecular flexibility index (Phi) is 5.29. The number of rotatable bonds is 5. The molecular weight excluding hydrogens is 258 g/mol. The maximum absolute atomic E-state index is 10.8. The SMILES string of the molecule is CCCOC1CCCN(c2cnc(C(=O)O)cn2)CC1. The summed E-state index contributed by atoms with van der Waals surface area (Å²) in [5, 5.41) is 8.82. The molecule has 6 nitrogen and oxygen atoms in total. The number of aromatic carboxylic acids is 1. The van der Waals surface area contributed by atoms with Crippen LogP contribution in [0, 0.1) is 0 Å². The van der Waals surface area contributed by atoms with Gasteiger partial charge < -0.3 is 14.7 Å². The van der Waals surface area contributed by atoms with Gasteiger partial charge in [-0.15, -0.1) is 0 Å². The highest BCUT2D eigenvalue weighted by Gasteiger charge is 2.18. The highest BCUT2D eigenvalue weighted by molar-refractivity contribution is 5.84. The molecule has 1 aliphatic rings. The van der Waals surface area contributed by atoms with E-state index in [1.807, 2.05) is 0 Å². The molecule has 1 aliphatic heterocycles. The molecule has 20 heavy (non-hydrogen) atoms. The predicted octanol–water partition coefficient (Wildman–Crippen LogP) is 1.96. The lowest BCUT2D eigenvalue weighted by Gasteiger charge is -2.21. The Balaban J connectivity index is 1.94. The van der Waals surface area contributed by atoms with Crippen molar-refractivity contribution in [2.45, 2.75) is 38.7 Å². The molecular formula is C14H21N3O3. The summed E-state index contributed by atoms with van der Waals surface area (Å²) in [6.07, 6.45) is 7.31. The maximum atomic E-state index is 10.8. The minimum absolute atomic E-state index is 0.0206. The number of carboxylic acids is 1. The molecule has 0 aromatic carbocycles. The third-order valence-electron chi connectivity index (χ3n) is 3.41. The summed E-state index contributed by atoms with van der Waals surface area (Å²) in [6.45, 7) is 4.71. The molecule has 1 aromatic rings. The summed E-state index contributed by atoms with van der Waals surface area (Å²) in [4.78, 5) is 21.0. The van der Waals surface area contributed by atoms with Gasteiger partial charge >= 0.3 is 5.97 Å². The first-order chi connectivity index (χ1) is 9.70. The van der Waals surface area contributed by atoms with Gasteiger partial charge in [0.15, 0.2) is 5.69 Å². The second-order valence-corrected chi connectivity index (χ2v) is 4.98. The Morgan fingerprint density at radius 1 is 1.40 bits per heavy atom. The van der Waals surface area contributed by atoms with E-state index in [1.165, 1.54) is 12.4 Å². The molecule has 2 heterocycles. The number of nitrogens with zero attached hydrogens (tertiary/aromatic N) is 3. The molecule has 1 unspecified atom stereocenters. The lowest BCUT2D eigenvalue weighted by atomic mass is 10.2. The largest absolute Gasteiger partial charge is 0.476 e. The van der Waals surface area contributed by atoms with Crippen molar-refractivity contribution >= 4 is 11.8 Å². The lowest BCUT2D eigenvalue weighted by Crippen LogP contribution is -2.26. The Morgan fingerprint density at radius 2 is 2.25 bits per heavy atom. The monoisotopic (exact) mass is 279 g/mol. The first-order valence-corrected chi connectivity index (χ1v) is 7.12. The molecule has 0 radical (unpaired) electrons. The first-order valence-electron chi connectivity index (χ1n) is 7.12. The maximum Gasteiger partial charge on any atom is 0.356 e. The van der Waals surface area contributed by atoms with Crippen LogP contribution in [-0.4, -0.2) is 46.8 Å². The number of hydrogen-bond donors (Lipinski definition) is 1. The quantitative estimate of drug-likeness (QED) is 0.888. The Bertz CT molecular complexity index is 436. The third kappa shape index (κ3) is 3.90. The minimum atomic E-state index is -1.05. The van der Waals surface area contributed by atoms with Gasteiger partial charge in [-0.1, -0.05) is 6.92 Å². The molecule has 1 N–H and O–H groups in total. The van der Waals surface area contributed by atoms with Crippen molar-refractivity contribution in [1.29, 1.82) is 0 Å². The van der Waals surface area contributed by atoms with E-state index in [9.17, 15) is 4.79 Å². The zero-order valence-electron chi connectivity index (χ0n) is 11.8. The van der Waals surface area contributed by atoms with Gasteiger partial charge in [0.2, 0.25) is 0 Å². The normalized spacial score (nSPS) is 19.6. The van der Waals surface area contributed by atoms with Crippen LogP contribution < -0.4 is 4.90 Å². The topological polar surface area (TPSA) is 75.5 Å². The molecule has 1 fully saturated rings. The number of carboxylic acid groups (broad SMARTS) is 1. The lowest BCUT2D eigenvalue weighted by molar-refractivity contribution is 0.0461. The van der Waals surface area contributed by atoms with Crippen molar-refractivity contribution in [3.8, 4) is 0 Å². The van der Waals surface area contributed by atoms with E-state index < -0.39 is 5.97 Å². The van der Waals surface area contributed by atoms with Gasteiger partial charge in [0.05, 0.1) is 18.5 Å². The number of aromatic nitrogens is 2. The fourth-order valence-electron chi connectivity index (χ4n) is 2.34. The van der Waals surface area contributed by atoms with Gasteiger partial charge in [0.1, 0.15) is 5.82 Å². The van der Waals surface area contributed by atoms with Crippen LogP contribution in [-0.2, 0) is 4.74 Å². The molecule has 0 saturated carbocycles. The molecule has 110 valence electrons. The fourth-order valence-corrected chi connectivity index (χ4v) is 2.34. The van der Waals surface area contributed by atoms with Crippen LogP contribution in [0.4, 0.5) is 5.82 Å². The average Bonchev–Trinajstić information content (AvgIpc) is 2.70. The molecule has 0 spiro atoms. The predicted molar refractivity (Wildman–Crippen MR) is 75.1 cm³/mol. The van der Waals surface area contributed by atoms with Crippen LogP contribution in [0.3, 0.4) is 0 Å². The minimum Gasteiger partial charge on any atom is -0.476 e. The highest BCUT2D eigenvalue weighted by atomic mass is 16.5. The Morgan fingerprint density at radius 3 is 2.90 bits per heavy atom. The fraction of sp³-hybridized carbons (Fsp3) is 0.643. The van der Waals surface area contributed by atoms with E-state index in [1.54, 1.807) is 0 Å². The van der Waals surface area contributed by atoms with Crippen LogP contribution in [0.15, 0.2) is 12.4 Å². The van der Waals surface area contributed by atoms with E-state index in [4.69, 9.17) is 9.84 Å². The second kappa shape index (κ2) is 7.19. The van der Waals surface area contributed by atoms with Gasteiger partial charge in [0.25, 0.3) is 0 Å². The van der Waals surface area contributed by atoms with Crippen LogP contribution in [0.2, 0.25) is 0 Å². The Labute approximate surface area is 118 Å². The summed E-state index contributed by atoms with van der Waals surface area (Å²) in [5.74, 6) is -0.306. The van der Waals surface area contributed by atoms with Crippen molar-refractivity contribution in [2.24, 2.45) is 0 Å². The van der Waals surface area contributed by atoms with Crippen LogP contribution in [0.5, 0.6) is 0 Å². The summed E-state index contributed by atoms with van der Waals surface area (Å²) < 4.78 is 5.81. The number of anilines is 1.